The Bertz CT molecular complexity index is 837. The van der Waals surface area contributed by atoms with Gasteiger partial charge in [-0.15, -0.1) is 12.4 Å². The number of nitrogens with one attached hydrogen (secondary N) is 1. The molecule has 162 valence electrons. The van der Waals surface area contributed by atoms with Gasteiger partial charge in [0.2, 0.25) is 0 Å². The summed E-state index contributed by atoms with van der Waals surface area (Å²) in [6.07, 6.45) is 4.69. The van der Waals surface area contributed by atoms with Gasteiger partial charge in [0, 0.05) is 12.6 Å². The van der Waals surface area contributed by atoms with Gasteiger partial charge in [-0.25, -0.2) is 0 Å². The summed E-state index contributed by atoms with van der Waals surface area (Å²) in [7, 11) is 1.63. The van der Waals surface area contributed by atoms with Gasteiger partial charge in [0.15, 0.2) is 0 Å². The number of halogens is 1. The molecule has 1 unspecified atom stereocenters. The number of amides is 1. The molecule has 1 atom stereocenters. The van der Waals surface area contributed by atoms with Crippen LogP contribution in [0.2, 0.25) is 0 Å². The first-order chi connectivity index (χ1) is 14.1. The maximum absolute atomic E-state index is 12.7. The van der Waals surface area contributed by atoms with Crippen LogP contribution in [0.4, 0.5) is 5.69 Å². The molecule has 0 spiro atoms. The molecule has 1 saturated heterocycles. The summed E-state index contributed by atoms with van der Waals surface area (Å²) < 4.78 is 5.26. The van der Waals surface area contributed by atoms with Gasteiger partial charge in [0.25, 0.3) is 11.6 Å². The highest BCUT2D eigenvalue weighted by Crippen LogP contribution is 2.26. The molecule has 1 amide bonds. The van der Waals surface area contributed by atoms with Crippen molar-refractivity contribution in [3.8, 4) is 5.75 Å². The summed E-state index contributed by atoms with van der Waals surface area (Å²) in [5.74, 6) is 0.359. The number of benzene rings is 2. The van der Waals surface area contributed by atoms with E-state index in [9.17, 15) is 14.9 Å². The Morgan fingerprint density at radius 3 is 2.33 bits per heavy atom. The smallest absolute Gasteiger partial charge is 0.282 e. The largest absolute Gasteiger partial charge is 0.497 e. The highest BCUT2D eigenvalue weighted by Gasteiger charge is 2.24. The topological polar surface area (TPSA) is 84.7 Å². The highest BCUT2D eigenvalue weighted by atomic mass is 35.5. The third-order valence-corrected chi connectivity index (χ3v) is 5.38. The lowest BCUT2D eigenvalue weighted by Crippen LogP contribution is -2.38. The normalized spacial score (nSPS) is 15.4. The number of nitro groups is 1. The second kappa shape index (κ2) is 11.5. The van der Waals surface area contributed by atoms with Crippen molar-refractivity contribution in [1.82, 2.24) is 10.2 Å². The number of hydrogen-bond donors (Lipinski definition) is 1. The molecule has 8 heteroatoms. The van der Waals surface area contributed by atoms with E-state index in [-0.39, 0.29) is 29.7 Å². The molecule has 1 N–H and O–H groups in total. The van der Waals surface area contributed by atoms with Gasteiger partial charge in [-0.05, 0) is 49.7 Å². The lowest BCUT2D eigenvalue weighted by molar-refractivity contribution is -0.385. The van der Waals surface area contributed by atoms with E-state index >= 15 is 0 Å². The number of hydrogen-bond acceptors (Lipinski definition) is 5. The molecule has 1 fully saturated rings. The fourth-order valence-corrected chi connectivity index (χ4v) is 3.80. The first-order valence-electron chi connectivity index (χ1n) is 10.00. The van der Waals surface area contributed by atoms with Gasteiger partial charge in [-0.1, -0.05) is 37.1 Å². The van der Waals surface area contributed by atoms with Crippen molar-refractivity contribution < 1.29 is 14.5 Å². The van der Waals surface area contributed by atoms with E-state index in [1.165, 1.54) is 25.0 Å². The van der Waals surface area contributed by atoms with Crippen molar-refractivity contribution in [2.75, 3.05) is 26.7 Å². The van der Waals surface area contributed by atoms with Crippen LogP contribution in [-0.4, -0.2) is 42.5 Å². The van der Waals surface area contributed by atoms with E-state index in [2.05, 4.69) is 10.2 Å². The molecule has 3 rings (SSSR count). The molecule has 0 saturated carbocycles. The Kier molecular flexibility index (Phi) is 9.08. The number of nitrogens with zero attached hydrogens (tertiary/aromatic N) is 2. The molecule has 0 radical (unpaired) electrons. The van der Waals surface area contributed by atoms with Crippen LogP contribution in [0.1, 0.15) is 47.6 Å². The minimum atomic E-state index is -0.523. The molecule has 2 aromatic carbocycles. The van der Waals surface area contributed by atoms with Crippen LogP contribution in [0.5, 0.6) is 5.75 Å². The zero-order chi connectivity index (χ0) is 20.6. The molecule has 2 aromatic rings. The Labute approximate surface area is 183 Å². The summed E-state index contributed by atoms with van der Waals surface area (Å²) in [4.78, 5) is 25.8. The SMILES string of the molecule is COc1ccc(C(CNC(=O)c2ccccc2[N+](=O)[O-])N2CCCCCC2)cc1.Cl. The third kappa shape index (κ3) is 5.93. The number of likely N-dealkylation sites (tertiary alicyclic amines) is 1. The van der Waals surface area contributed by atoms with Crippen LogP contribution >= 0.6 is 12.4 Å². The number of ether oxygens (including phenoxy) is 1. The van der Waals surface area contributed by atoms with Crippen LogP contribution in [0.3, 0.4) is 0 Å². The van der Waals surface area contributed by atoms with Gasteiger partial charge in [0.05, 0.1) is 18.1 Å². The molecular weight excluding hydrogens is 406 g/mol. The number of para-hydroxylation sites is 1. The van der Waals surface area contributed by atoms with E-state index < -0.39 is 10.8 Å². The van der Waals surface area contributed by atoms with E-state index in [1.807, 2.05) is 24.3 Å². The van der Waals surface area contributed by atoms with Gasteiger partial charge < -0.3 is 10.1 Å². The average molecular weight is 434 g/mol. The maximum atomic E-state index is 12.7. The lowest BCUT2D eigenvalue weighted by atomic mass is 10.0. The van der Waals surface area contributed by atoms with Gasteiger partial charge >= 0.3 is 0 Å². The van der Waals surface area contributed by atoms with E-state index in [0.29, 0.717) is 6.54 Å². The van der Waals surface area contributed by atoms with Crippen molar-refractivity contribution in [2.24, 2.45) is 0 Å². The summed E-state index contributed by atoms with van der Waals surface area (Å²) >= 11 is 0. The molecule has 0 aromatic heterocycles. The Morgan fingerprint density at radius 1 is 1.10 bits per heavy atom. The van der Waals surface area contributed by atoms with Gasteiger partial charge in [-0.2, -0.15) is 0 Å². The summed E-state index contributed by atoms with van der Waals surface area (Å²) in [6, 6.07) is 13.9. The molecule has 1 aliphatic rings. The van der Waals surface area contributed by atoms with Crippen molar-refractivity contribution in [1.29, 1.82) is 0 Å². The number of methoxy groups -OCH3 is 1. The second-order valence-electron chi connectivity index (χ2n) is 7.22. The maximum Gasteiger partial charge on any atom is 0.282 e. The molecule has 7 nitrogen and oxygen atoms in total. The predicted octanol–water partition coefficient (Wildman–Crippen LogP) is 4.37. The number of carbonyl (C=O) groups is 1. The Balaban J connectivity index is 0.00000320. The number of rotatable bonds is 7. The monoisotopic (exact) mass is 433 g/mol. The summed E-state index contributed by atoms with van der Waals surface area (Å²) in [5, 5.41) is 14.2. The first-order valence-corrected chi connectivity index (χ1v) is 10.00. The zero-order valence-electron chi connectivity index (χ0n) is 17.1. The van der Waals surface area contributed by atoms with Crippen molar-refractivity contribution in [3.05, 3.63) is 69.8 Å². The molecule has 1 heterocycles. The molecule has 1 aliphatic heterocycles. The minimum absolute atomic E-state index is 0. The van der Waals surface area contributed by atoms with Crippen molar-refractivity contribution in [2.45, 2.75) is 31.7 Å². The lowest BCUT2D eigenvalue weighted by Gasteiger charge is -2.31. The third-order valence-electron chi connectivity index (χ3n) is 5.38. The van der Waals surface area contributed by atoms with Crippen LogP contribution in [0.15, 0.2) is 48.5 Å². The average Bonchev–Trinajstić information content (AvgIpc) is 3.03. The summed E-state index contributed by atoms with van der Waals surface area (Å²) in [6.45, 7) is 2.33. The fraction of sp³-hybridized carbons (Fsp3) is 0.409. The number of nitro benzene ring substituents is 1. The number of carbonyl (C=O) groups excluding carboxylic acids is 1. The van der Waals surface area contributed by atoms with E-state index in [0.717, 1.165) is 37.2 Å². The molecule has 0 aliphatic carbocycles. The van der Waals surface area contributed by atoms with Crippen LogP contribution in [0, 0.1) is 10.1 Å². The van der Waals surface area contributed by atoms with Crippen LogP contribution in [-0.2, 0) is 0 Å². The molecule has 0 bridgehead atoms. The van der Waals surface area contributed by atoms with Crippen molar-refractivity contribution >= 4 is 24.0 Å². The molecule has 30 heavy (non-hydrogen) atoms. The Morgan fingerprint density at radius 2 is 1.73 bits per heavy atom. The highest BCUT2D eigenvalue weighted by molar-refractivity contribution is 5.98. The Hall–Kier alpha value is -2.64. The quantitative estimate of drug-likeness (QED) is 0.517. The summed E-state index contributed by atoms with van der Waals surface area (Å²) in [5.41, 5.74) is 0.998. The minimum Gasteiger partial charge on any atom is -0.497 e. The van der Waals surface area contributed by atoms with E-state index in [1.54, 1.807) is 19.2 Å². The van der Waals surface area contributed by atoms with Crippen LogP contribution in [0.25, 0.3) is 0 Å². The van der Waals surface area contributed by atoms with Crippen molar-refractivity contribution in [3.63, 3.8) is 0 Å². The predicted molar refractivity (Wildman–Crippen MR) is 118 cm³/mol. The van der Waals surface area contributed by atoms with Gasteiger partial charge in [-0.3, -0.25) is 19.8 Å². The molecular formula is C22H28ClN3O4. The second-order valence-corrected chi connectivity index (χ2v) is 7.22. The zero-order valence-corrected chi connectivity index (χ0v) is 17.9. The van der Waals surface area contributed by atoms with E-state index in [4.69, 9.17) is 4.74 Å². The van der Waals surface area contributed by atoms with Gasteiger partial charge in [0.1, 0.15) is 11.3 Å². The fourth-order valence-electron chi connectivity index (χ4n) is 3.80. The first kappa shape index (κ1) is 23.6. The van der Waals surface area contributed by atoms with Crippen LogP contribution < -0.4 is 10.1 Å². The standard InChI is InChI=1S/C22H27N3O4.ClH/c1-29-18-12-10-17(11-13-18)21(24-14-6-2-3-7-15-24)16-23-22(26)19-8-4-5-9-20(19)25(27)28;/h4-5,8-13,21H,2-3,6-7,14-16H2,1H3,(H,23,26);1H.